The van der Waals surface area contributed by atoms with Crippen LogP contribution in [0, 0.1) is 0 Å². The molecular formula is C15H18ClF3N4OS. The van der Waals surface area contributed by atoms with E-state index in [-0.39, 0.29) is 31.4 Å². The first kappa shape index (κ1) is 21.2. The smallest absolute Gasteiger partial charge is 0.375 e. The first-order chi connectivity index (χ1) is 11.3. The van der Waals surface area contributed by atoms with Crippen molar-refractivity contribution in [3.05, 3.63) is 46.5 Å². The fraction of sp³-hybridized carbons (Fsp3) is 0.333. The number of rotatable bonds is 6. The van der Waals surface area contributed by atoms with Gasteiger partial charge in [-0.25, -0.2) is 4.98 Å². The van der Waals surface area contributed by atoms with Gasteiger partial charge in [0.25, 0.3) is 0 Å². The lowest BCUT2D eigenvalue weighted by Gasteiger charge is -2.21. The van der Waals surface area contributed by atoms with Gasteiger partial charge in [0.15, 0.2) is 5.13 Å². The molecule has 0 spiro atoms. The molecule has 138 valence electrons. The minimum atomic E-state index is -4.40. The number of benzene rings is 1. The van der Waals surface area contributed by atoms with Crippen LogP contribution in [-0.4, -0.2) is 29.4 Å². The average Bonchev–Trinajstić information content (AvgIpc) is 2.91. The zero-order chi connectivity index (χ0) is 17.7. The molecule has 0 aliphatic heterocycles. The third-order valence-electron chi connectivity index (χ3n) is 3.26. The summed E-state index contributed by atoms with van der Waals surface area (Å²) in [4.78, 5) is 18.2. The molecule has 0 atom stereocenters. The molecule has 0 radical (unpaired) electrons. The fourth-order valence-electron chi connectivity index (χ4n) is 2.17. The zero-order valence-corrected chi connectivity index (χ0v) is 15.0. The Morgan fingerprint density at radius 2 is 2.08 bits per heavy atom. The number of hydrogen-bond donors (Lipinski definition) is 2. The van der Waals surface area contributed by atoms with Gasteiger partial charge in [-0.2, -0.15) is 13.2 Å². The molecule has 10 heteroatoms. The van der Waals surface area contributed by atoms with Crippen LogP contribution in [0.15, 0.2) is 30.5 Å². The van der Waals surface area contributed by atoms with E-state index in [1.807, 2.05) is 0 Å². The maximum atomic E-state index is 12.8. The number of carbonyl (C=O) groups is 1. The topological polar surface area (TPSA) is 71.2 Å². The van der Waals surface area contributed by atoms with Crippen LogP contribution in [0.3, 0.4) is 0 Å². The molecule has 2 rings (SSSR count). The SMILES string of the molecule is CNC(=O)CN(Cc1cccc(C(F)(F)F)c1)Cc1cnc(N)s1.Cl. The van der Waals surface area contributed by atoms with E-state index in [0.717, 1.165) is 17.0 Å². The van der Waals surface area contributed by atoms with Gasteiger partial charge < -0.3 is 11.1 Å². The summed E-state index contributed by atoms with van der Waals surface area (Å²) < 4.78 is 38.5. The van der Waals surface area contributed by atoms with Gasteiger partial charge in [0.05, 0.1) is 12.1 Å². The summed E-state index contributed by atoms with van der Waals surface area (Å²) in [5.74, 6) is -0.223. The highest BCUT2D eigenvalue weighted by atomic mass is 35.5. The van der Waals surface area contributed by atoms with Crippen LogP contribution in [0.5, 0.6) is 0 Å². The number of nitrogen functional groups attached to an aromatic ring is 1. The van der Waals surface area contributed by atoms with Gasteiger partial charge in [-0.15, -0.1) is 23.7 Å². The Kier molecular flexibility index (Phi) is 7.65. The van der Waals surface area contributed by atoms with Gasteiger partial charge in [0.2, 0.25) is 5.91 Å². The van der Waals surface area contributed by atoms with Crippen LogP contribution in [-0.2, 0) is 24.1 Å². The molecule has 3 N–H and O–H groups in total. The highest BCUT2D eigenvalue weighted by Gasteiger charge is 2.30. The van der Waals surface area contributed by atoms with Gasteiger partial charge in [0, 0.05) is 31.2 Å². The Balaban J connectivity index is 0.00000312. The summed E-state index contributed by atoms with van der Waals surface area (Å²) in [6, 6.07) is 5.09. The third kappa shape index (κ3) is 6.52. The molecule has 0 bridgehead atoms. The number of halogens is 4. The van der Waals surface area contributed by atoms with Crippen molar-refractivity contribution in [2.45, 2.75) is 19.3 Å². The highest BCUT2D eigenvalue weighted by molar-refractivity contribution is 7.15. The number of aromatic nitrogens is 1. The zero-order valence-electron chi connectivity index (χ0n) is 13.3. The molecule has 1 amide bonds. The molecule has 0 aliphatic rings. The third-order valence-corrected chi connectivity index (χ3v) is 4.07. The highest BCUT2D eigenvalue weighted by Crippen LogP contribution is 2.30. The number of nitrogens with zero attached hydrogens (tertiary/aromatic N) is 2. The Labute approximate surface area is 153 Å². The van der Waals surface area contributed by atoms with Crippen molar-refractivity contribution in [2.24, 2.45) is 0 Å². The van der Waals surface area contributed by atoms with E-state index >= 15 is 0 Å². The largest absolute Gasteiger partial charge is 0.416 e. The number of nitrogens with one attached hydrogen (secondary N) is 1. The molecule has 0 unspecified atom stereocenters. The normalized spacial score (nSPS) is 11.2. The second kappa shape index (κ2) is 9.02. The number of nitrogens with two attached hydrogens (primary N) is 1. The van der Waals surface area contributed by atoms with Crippen LogP contribution >= 0.6 is 23.7 Å². The number of anilines is 1. The maximum absolute atomic E-state index is 12.8. The number of amides is 1. The van der Waals surface area contributed by atoms with Gasteiger partial charge >= 0.3 is 6.18 Å². The van der Waals surface area contributed by atoms with Gasteiger partial charge in [-0.3, -0.25) is 9.69 Å². The molecule has 5 nitrogen and oxygen atoms in total. The molecule has 25 heavy (non-hydrogen) atoms. The second-order valence-electron chi connectivity index (χ2n) is 5.18. The van der Waals surface area contributed by atoms with E-state index in [1.165, 1.54) is 24.5 Å². The number of likely N-dealkylation sites (N-methyl/N-ethyl adjacent to an activating group) is 1. The van der Waals surface area contributed by atoms with Crippen molar-refractivity contribution in [2.75, 3.05) is 19.3 Å². The summed E-state index contributed by atoms with van der Waals surface area (Å²) in [6.45, 7) is 0.637. The van der Waals surface area contributed by atoms with Crippen LogP contribution in [0.25, 0.3) is 0 Å². The van der Waals surface area contributed by atoms with Gasteiger partial charge in [0.1, 0.15) is 0 Å². The van der Waals surface area contributed by atoms with Crippen LogP contribution < -0.4 is 11.1 Å². The van der Waals surface area contributed by atoms with E-state index in [4.69, 9.17) is 5.73 Å². The van der Waals surface area contributed by atoms with Crippen molar-refractivity contribution >= 4 is 34.8 Å². The molecule has 0 aliphatic carbocycles. The van der Waals surface area contributed by atoms with Gasteiger partial charge in [-0.05, 0) is 11.6 Å². The summed E-state index contributed by atoms with van der Waals surface area (Å²) in [5.41, 5.74) is 5.36. The number of carbonyl (C=O) groups excluding carboxylic acids is 1. The summed E-state index contributed by atoms with van der Waals surface area (Å²) in [7, 11) is 1.51. The van der Waals surface area contributed by atoms with Crippen molar-refractivity contribution in [3.63, 3.8) is 0 Å². The quantitative estimate of drug-likeness (QED) is 0.790. The Morgan fingerprint density at radius 1 is 1.36 bits per heavy atom. The molecule has 2 aromatic rings. The summed E-state index contributed by atoms with van der Waals surface area (Å²) in [6.07, 6.45) is -2.79. The van der Waals surface area contributed by atoms with Crippen LogP contribution in [0.1, 0.15) is 16.0 Å². The predicted molar refractivity (Wildman–Crippen MR) is 93.4 cm³/mol. The minimum absolute atomic E-state index is 0. The van der Waals surface area contributed by atoms with E-state index in [1.54, 1.807) is 17.2 Å². The van der Waals surface area contributed by atoms with Crippen LogP contribution in [0.4, 0.5) is 18.3 Å². The molecule has 1 aromatic carbocycles. The molecule has 0 fully saturated rings. The first-order valence-corrected chi connectivity index (χ1v) is 7.89. The minimum Gasteiger partial charge on any atom is -0.375 e. The monoisotopic (exact) mass is 394 g/mol. The number of hydrogen-bond acceptors (Lipinski definition) is 5. The van der Waals surface area contributed by atoms with Gasteiger partial charge in [-0.1, -0.05) is 18.2 Å². The summed E-state index contributed by atoms with van der Waals surface area (Å²) >= 11 is 1.28. The molecule has 0 saturated heterocycles. The average molecular weight is 395 g/mol. The Morgan fingerprint density at radius 3 is 2.64 bits per heavy atom. The van der Waals surface area contributed by atoms with E-state index < -0.39 is 11.7 Å². The van der Waals surface area contributed by atoms with E-state index in [2.05, 4.69) is 10.3 Å². The Hall–Kier alpha value is -1.84. The van der Waals surface area contributed by atoms with Crippen molar-refractivity contribution < 1.29 is 18.0 Å². The lowest BCUT2D eigenvalue weighted by molar-refractivity contribution is -0.137. The number of alkyl halides is 3. The Bertz CT molecular complexity index is 708. The molecule has 0 saturated carbocycles. The van der Waals surface area contributed by atoms with Crippen molar-refractivity contribution in [3.8, 4) is 0 Å². The predicted octanol–water partition coefficient (Wildman–Crippen LogP) is 2.91. The van der Waals surface area contributed by atoms with E-state index in [9.17, 15) is 18.0 Å². The second-order valence-corrected chi connectivity index (χ2v) is 6.33. The first-order valence-electron chi connectivity index (χ1n) is 7.07. The molecule has 1 aromatic heterocycles. The van der Waals surface area contributed by atoms with Crippen molar-refractivity contribution in [1.82, 2.24) is 15.2 Å². The fourth-order valence-corrected chi connectivity index (χ4v) is 2.90. The molecular weight excluding hydrogens is 377 g/mol. The number of thiazole rings is 1. The van der Waals surface area contributed by atoms with E-state index in [0.29, 0.717) is 17.2 Å². The molecule has 1 heterocycles. The van der Waals surface area contributed by atoms with Crippen LogP contribution in [0.2, 0.25) is 0 Å². The van der Waals surface area contributed by atoms with Crippen molar-refractivity contribution in [1.29, 1.82) is 0 Å². The maximum Gasteiger partial charge on any atom is 0.416 e. The standard InChI is InChI=1S/C15H17F3N4OS.ClH/c1-20-13(23)9-22(8-12-6-21-14(19)24-12)7-10-3-2-4-11(5-10)15(16,17)18;/h2-6H,7-9H2,1H3,(H2,19,21)(H,20,23);1H. The lowest BCUT2D eigenvalue weighted by atomic mass is 10.1. The summed E-state index contributed by atoms with van der Waals surface area (Å²) in [5, 5.41) is 2.92. The lowest BCUT2D eigenvalue weighted by Crippen LogP contribution is -2.34.